The Hall–Kier alpha value is -2.18. The highest BCUT2D eigenvalue weighted by Gasteiger charge is 2.15. The number of carbonyl (C=O) groups excluding carboxylic acids is 1. The van der Waals surface area contributed by atoms with E-state index in [2.05, 4.69) is 23.9 Å². The summed E-state index contributed by atoms with van der Waals surface area (Å²) in [6, 6.07) is 12.1. The van der Waals surface area contributed by atoms with Crippen molar-refractivity contribution in [2.24, 2.45) is 5.92 Å². The molecule has 0 radical (unpaired) electrons. The Balaban J connectivity index is 2.02. The van der Waals surface area contributed by atoms with E-state index in [1.54, 1.807) is 42.5 Å². The van der Waals surface area contributed by atoms with Crippen LogP contribution in [-0.2, 0) is 16.6 Å². The number of aryl methyl sites for hydroxylation is 2. The first-order chi connectivity index (χ1) is 12.6. The first-order valence-electron chi connectivity index (χ1n) is 9.07. The Morgan fingerprint density at radius 1 is 0.963 bits per heavy atom. The van der Waals surface area contributed by atoms with Gasteiger partial charge in [0.25, 0.3) is 5.91 Å². The summed E-state index contributed by atoms with van der Waals surface area (Å²) in [7, 11) is -3.58. The lowest BCUT2D eigenvalue weighted by molar-refractivity contribution is 0.0930. The molecule has 2 aromatic rings. The van der Waals surface area contributed by atoms with Gasteiger partial charge in [0, 0.05) is 18.2 Å². The van der Waals surface area contributed by atoms with Crippen molar-refractivity contribution in [3.63, 3.8) is 0 Å². The Kier molecular flexibility index (Phi) is 6.78. The summed E-state index contributed by atoms with van der Waals surface area (Å²) in [6.07, 6.45) is 0. The number of rotatable bonds is 7. The zero-order valence-electron chi connectivity index (χ0n) is 16.5. The predicted octanol–water partition coefficient (Wildman–Crippen LogP) is 3.56. The first-order valence-corrected chi connectivity index (χ1v) is 10.5. The van der Waals surface area contributed by atoms with Crippen LogP contribution in [0.15, 0.2) is 47.4 Å². The van der Waals surface area contributed by atoms with Gasteiger partial charge >= 0.3 is 0 Å². The van der Waals surface area contributed by atoms with Crippen LogP contribution in [0.1, 0.15) is 47.8 Å². The highest BCUT2D eigenvalue weighted by atomic mass is 32.2. The molecule has 2 rings (SSSR count). The maximum Gasteiger partial charge on any atom is 0.251 e. The third kappa shape index (κ3) is 5.65. The van der Waals surface area contributed by atoms with Gasteiger partial charge in [0.1, 0.15) is 0 Å². The minimum Gasteiger partial charge on any atom is -0.349 e. The molecule has 0 spiro atoms. The van der Waals surface area contributed by atoms with Crippen LogP contribution in [-0.4, -0.2) is 20.4 Å². The molecule has 0 aliphatic carbocycles. The van der Waals surface area contributed by atoms with Crippen molar-refractivity contribution in [1.82, 2.24) is 10.0 Å². The van der Waals surface area contributed by atoms with Crippen molar-refractivity contribution in [3.05, 3.63) is 64.7 Å². The lowest BCUT2D eigenvalue weighted by Gasteiger charge is -2.17. The topological polar surface area (TPSA) is 75.3 Å². The molecule has 0 saturated carbocycles. The second-order valence-corrected chi connectivity index (χ2v) is 9.04. The highest BCUT2D eigenvalue weighted by Crippen LogP contribution is 2.15. The highest BCUT2D eigenvalue weighted by molar-refractivity contribution is 7.89. The minimum atomic E-state index is -3.58. The van der Waals surface area contributed by atoms with Crippen LogP contribution < -0.4 is 10.0 Å². The minimum absolute atomic E-state index is 0.0851. The molecule has 1 amide bonds. The van der Waals surface area contributed by atoms with Crippen LogP contribution in [0.3, 0.4) is 0 Å². The average molecular weight is 389 g/mol. The smallest absolute Gasteiger partial charge is 0.251 e. The van der Waals surface area contributed by atoms with E-state index >= 15 is 0 Å². The SMILES string of the molecule is Cc1ccc(S(=O)(=O)NCc2ccc(C(=O)NC(C)C(C)C)cc2)cc1C. The molecular weight excluding hydrogens is 360 g/mol. The molecule has 2 aromatic carbocycles. The Morgan fingerprint density at radius 3 is 2.15 bits per heavy atom. The molecule has 0 fully saturated rings. The van der Waals surface area contributed by atoms with E-state index in [0.29, 0.717) is 11.5 Å². The quantitative estimate of drug-likeness (QED) is 0.762. The maximum absolute atomic E-state index is 12.5. The van der Waals surface area contributed by atoms with Crippen molar-refractivity contribution in [2.75, 3.05) is 0 Å². The van der Waals surface area contributed by atoms with E-state index in [9.17, 15) is 13.2 Å². The summed E-state index contributed by atoms with van der Waals surface area (Å²) in [5.74, 6) is 0.228. The van der Waals surface area contributed by atoms with E-state index < -0.39 is 10.0 Å². The average Bonchev–Trinajstić information content (AvgIpc) is 2.62. The zero-order chi connectivity index (χ0) is 20.2. The Labute approximate surface area is 162 Å². The van der Waals surface area contributed by atoms with Crippen molar-refractivity contribution in [2.45, 2.75) is 52.1 Å². The molecule has 1 atom stereocenters. The summed E-state index contributed by atoms with van der Waals surface area (Å²) in [6.45, 7) is 10.1. The molecule has 27 heavy (non-hydrogen) atoms. The van der Waals surface area contributed by atoms with Crippen LogP contribution in [0.25, 0.3) is 0 Å². The van der Waals surface area contributed by atoms with Gasteiger partial charge in [0.2, 0.25) is 10.0 Å². The number of hydrogen-bond acceptors (Lipinski definition) is 3. The fourth-order valence-electron chi connectivity index (χ4n) is 2.37. The molecule has 0 aromatic heterocycles. The van der Waals surface area contributed by atoms with Gasteiger partial charge in [-0.05, 0) is 67.6 Å². The Morgan fingerprint density at radius 2 is 1.59 bits per heavy atom. The van der Waals surface area contributed by atoms with Crippen LogP contribution in [0.5, 0.6) is 0 Å². The Bertz CT molecular complexity index is 904. The number of nitrogens with one attached hydrogen (secondary N) is 2. The largest absolute Gasteiger partial charge is 0.349 e. The summed E-state index contributed by atoms with van der Waals surface area (Å²) < 4.78 is 27.5. The fourth-order valence-corrected chi connectivity index (χ4v) is 3.48. The third-order valence-corrected chi connectivity index (χ3v) is 6.23. The second-order valence-electron chi connectivity index (χ2n) is 7.27. The van der Waals surface area contributed by atoms with Crippen LogP contribution >= 0.6 is 0 Å². The number of hydrogen-bond donors (Lipinski definition) is 2. The van der Waals surface area contributed by atoms with E-state index in [0.717, 1.165) is 16.7 Å². The molecular formula is C21H28N2O3S. The van der Waals surface area contributed by atoms with E-state index in [1.165, 1.54) is 0 Å². The second kappa shape index (κ2) is 8.67. The molecule has 0 aliphatic heterocycles. The van der Waals surface area contributed by atoms with Gasteiger partial charge in [-0.3, -0.25) is 4.79 Å². The maximum atomic E-state index is 12.5. The standard InChI is InChI=1S/C21H28N2O3S/c1-14(2)17(5)23-21(24)19-9-7-18(8-10-19)13-22-27(25,26)20-11-6-15(3)16(4)12-20/h6-12,14,17,22H,13H2,1-5H3,(H,23,24). The summed E-state index contributed by atoms with van der Waals surface area (Å²) in [5.41, 5.74) is 3.33. The number of sulfonamides is 1. The lowest BCUT2D eigenvalue weighted by atomic mass is 10.1. The zero-order valence-corrected chi connectivity index (χ0v) is 17.4. The van der Waals surface area contributed by atoms with Crippen molar-refractivity contribution in [3.8, 4) is 0 Å². The van der Waals surface area contributed by atoms with Gasteiger partial charge in [-0.2, -0.15) is 0 Å². The summed E-state index contributed by atoms with van der Waals surface area (Å²) in [4.78, 5) is 12.5. The van der Waals surface area contributed by atoms with Crippen LogP contribution in [0.2, 0.25) is 0 Å². The third-order valence-electron chi connectivity index (χ3n) is 4.83. The van der Waals surface area contributed by atoms with Crippen molar-refractivity contribution in [1.29, 1.82) is 0 Å². The van der Waals surface area contributed by atoms with Gasteiger partial charge in [-0.1, -0.05) is 32.0 Å². The predicted molar refractivity (Wildman–Crippen MR) is 108 cm³/mol. The van der Waals surface area contributed by atoms with Crippen LogP contribution in [0.4, 0.5) is 0 Å². The van der Waals surface area contributed by atoms with Gasteiger partial charge in [0.05, 0.1) is 4.90 Å². The molecule has 6 heteroatoms. The van der Waals surface area contributed by atoms with Gasteiger partial charge in [0.15, 0.2) is 0 Å². The van der Waals surface area contributed by atoms with E-state index in [4.69, 9.17) is 0 Å². The van der Waals surface area contributed by atoms with E-state index in [-0.39, 0.29) is 23.4 Å². The summed E-state index contributed by atoms with van der Waals surface area (Å²) >= 11 is 0. The number of carbonyl (C=O) groups is 1. The molecule has 0 aliphatic rings. The van der Waals surface area contributed by atoms with E-state index in [1.807, 2.05) is 20.8 Å². The summed E-state index contributed by atoms with van der Waals surface area (Å²) in [5, 5.41) is 2.95. The van der Waals surface area contributed by atoms with Gasteiger partial charge < -0.3 is 5.32 Å². The molecule has 5 nitrogen and oxygen atoms in total. The number of benzene rings is 2. The van der Waals surface area contributed by atoms with Crippen molar-refractivity contribution < 1.29 is 13.2 Å². The fraction of sp³-hybridized carbons (Fsp3) is 0.381. The van der Waals surface area contributed by atoms with Crippen LogP contribution in [0, 0.1) is 19.8 Å². The van der Waals surface area contributed by atoms with Gasteiger partial charge in [-0.15, -0.1) is 0 Å². The molecule has 1 unspecified atom stereocenters. The molecule has 0 saturated heterocycles. The molecule has 0 heterocycles. The monoisotopic (exact) mass is 388 g/mol. The normalized spacial score (nSPS) is 12.8. The number of amides is 1. The van der Waals surface area contributed by atoms with Crippen molar-refractivity contribution >= 4 is 15.9 Å². The lowest BCUT2D eigenvalue weighted by Crippen LogP contribution is -2.36. The van der Waals surface area contributed by atoms with Gasteiger partial charge in [-0.25, -0.2) is 13.1 Å². The molecule has 146 valence electrons. The molecule has 2 N–H and O–H groups in total. The molecule has 0 bridgehead atoms. The first kappa shape index (κ1) is 21.1.